The Hall–Kier alpha value is -2.79. The first kappa shape index (κ1) is 18.5. The van der Waals surface area contributed by atoms with Gasteiger partial charge in [0.25, 0.3) is 0 Å². The molecule has 0 aliphatic carbocycles. The second-order valence-electron chi connectivity index (χ2n) is 5.06. The van der Waals surface area contributed by atoms with Crippen LogP contribution in [0.1, 0.15) is 17.9 Å². The third-order valence-electron chi connectivity index (χ3n) is 3.64. The molecule has 2 rings (SSSR count). The highest BCUT2D eigenvalue weighted by atomic mass is 79.9. The second-order valence-corrected chi connectivity index (χ2v) is 5.97. The standard InChI is InChI=1S/C17H15BrN2O5/c1-23-13(21)7-12-15(17(22)24-2)14(11(8-19)16(20)25-12)9-3-5-10(18)6-4-9/h3-6,14H,7,20H2,1-2H3/t14-/m1/s1. The van der Waals surface area contributed by atoms with Crippen molar-refractivity contribution in [2.75, 3.05) is 14.2 Å². The van der Waals surface area contributed by atoms with Crippen molar-refractivity contribution in [1.29, 1.82) is 5.26 Å². The van der Waals surface area contributed by atoms with Gasteiger partial charge in [0.05, 0.1) is 25.7 Å². The van der Waals surface area contributed by atoms with Crippen molar-refractivity contribution in [2.45, 2.75) is 12.3 Å². The lowest BCUT2D eigenvalue weighted by molar-refractivity contribution is -0.140. The van der Waals surface area contributed by atoms with E-state index >= 15 is 0 Å². The molecule has 0 amide bonds. The fraction of sp³-hybridized carbons (Fsp3) is 0.235. The predicted molar refractivity (Wildman–Crippen MR) is 90.5 cm³/mol. The highest BCUT2D eigenvalue weighted by molar-refractivity contribution is 9.10. The fourth-order valence-electron chi connectivity index (χ4n) is 2.47. The number of nitrogens with zero attached hydrogens (tertiary/aromatic N) is 1. The molecule has 0 saturated carbocycles. The summed E-state index contributed by atoms with van der Waals surface area (Å²) in [6, 6.07) is 8.99. The monoisotopic (exact) mass is 406 g/mol. The first-order chi connectivity index (χ1) is 11.9. The zero-order valence-corrected chi connectivity index (χ0v) is 15.1. The smallest absolute Gasteiger partial charge is 0.338 e. The van der Waals surface area contributed by atoms with Gasteiger partial charge < -0.3 is 19.9 Å². The maximum atomic E-state index is 12.4. The van der Waals surface area contributed by atoms with Crippen LogP contribution in [-0.4, -0.2) is 26.2 Å². The fourth-order valence-corrected chi connectivity index (χ4v) is 2.74. The quantitative estimate of drug-likeness (QED) is 0.762. The molecule has 7 nitrogen and oxygen atoms in total. The van der Waals surface area contributed by atoms with Gasteiger partial charge in [0.1, 0.15) is 23.8 Å². The number of hydrogen-bond donors (Lipinski definition) is 1. The van der Waals surface area contributed by atoms with E-state index < -0.39 is 17.9 Å². The summed E-state index contributed by atoms with van der Waals surface area (Å²) in [4.78, 5) is 24.0. The van der Waals surface area contributed by atoms with E-state index in [1.807, 2.05) is 6.07 Å². The van der Waals surface area contributed by atoms with Crippen LogP contribution in [0.3, 0.4) is 0 Å². The molecule has 1 heterocycles. The second kappa shape index (κ2) is 7.85. The minimum absolute atomic E-state index is 0.00289. The summed E-state index contributed by atoms with van der Waals surface area (Å²) in [7, 11) is 2.42. The van der Waals surface area contributed by atoms with Crippen LogP contribution in [0, 0.1) is 11.3 Å². The van der Waals surface area contributed by atoms with E-state index in [0.717, 1.165) is 4.47 Å². The molecule has 1 aliphatic heterocycles. The number of esters is 2. The molecule has 0 saturated heterocycles. The Labute approximate surface area is 152 Å². The SMILES string of the molecule is COC(=O)CC1=C(C(=O)OC)[C@H](c2ccc(Br)cc2)C(C#N)=C(N)O1. The van der Waals surface area contributed by atoms with E-state index in [0.29, 0.717) is 5.56 Å². The van der Waals surface area contributed by atoms with Crippen molar-refractivity contribution in [1.82, 2.24) is 0 Å². The van der Waals surface area contributed by atoms with Gasteiger partial charge in [-0.25, -0.2) is 4.79 Å². The highest BCUT2D eigenvalue weighted by Crippen LogP contribution is 2.40. The minimum Gasteiger partial charge on any atom is -0.469 e. The normalized spacial score (nSPS) is 16.8. The molecule has 1 aliphatic rings. The summed E-state index contributed by atoms with van der Waals surface area (Å²) in [5, 5.41) is 9.49. The summed E-state index contributed by atoms with van der Waals surface area (Å²) >= 11 is 3.33. The van der Waals surface area contributed by atoms with Crippen molar-refractivity contribution in [3.63, 3.8) is 0 Å². The van der Waals surface area contributed by atoms with Crippen LogP contribution < -0.4 is 5.73 Å². The van der Waals surface area contributed by atoms with Gasteiger partial charge in [0.15, 0.2) is 0 Å². The predicted octanol–water partition coefficient (Wildman–Crippen LogP) is 2.25. The van der Waals surface area contributed by atoms with Gasteiger partial charge >= 0.3 is 11.9 Å². The van der Waals surface area contributed by atoms with Gasteiger partial charge in [-0.15, -0.1) is 0 Å². The molecule has 0 fully saturated rings. The number of halogens is 1. The Morgan fingerprint density at radius 3 is 2.44 bits per heavy atom. The summed E-state index contributed by atoms with van der Waals surface area (Å²) < 4.78 is 15.7. The lowest BCUT2D eigenvalue weighted by Gasteiger charge is -2.27. The zero-order valence-electron chi connectivity index (χ0n) is 13.5. The molecule has 1 aromatic rings. The van der Waals surface area contributed by atoms with Gasteiger partial charge in [-0.05, 0) is 17.7 Å². The van der Waals surface area contributed by atoms with Crippen molar-refractivity contribution >= 4 is 27.9 Å². The molecule has 0 bridgehead atoms. The van der Waals surface area contributed by atoms with Crippen molar-refractivity contribution in [3.8, 4) is 6.07 Å². The summed E-state index contributed by atoms with van der Waals surface area (Å²) in [5.74, 6) is -2.30. The minimum atomic E-state index is -0.807. The maximum absolute atomic E-state index is 12.4. The highest BCUT2D eigenvalue weighted by Gasteiger charge is 2.38. The van der Waals surface area contributed by atoms with Crippen molar-refractivity contribution in [3.05, 3.63) is 57.1 Å². The Morgan fingerprint density at radius 1 is 1.28 bits per heavy atom. The molecule has 0 aromatic heterocycles. The number of benzene rings is 1. The Balaban J connectivity index is 2.66. The summed E-state index contributed by atoms with van der Waals surface area (Å²) in [5.41, 5.74) is 6.59. The van der Waals surface area contributed by atoms with Crippen molar-refractivity contribution < 1.29 is 23.8 Å². The molecule has 130 valence electrons. The number of nitriles is 1. The average molecular weight is 407 g/mol. The number of ether oxygens (including phenoxy) is 3. The number of carbonyl (C=O) groups excluding carboxylic acids is 2. The third-order valence-corrected chi connectivity index (χ3v) is 4.17. The third kappa shape index (κ3) is 3.83. The van der Waals surface area contributed by atoms with Crippen LogP contribution in [0.2, 0.25) is 0 Å². The molecule has 1 aromatic carbocycles. The molecular weight excluding hydrogens is 392 g/mol. The van der Waals surface area contributed by atoms with Gasteiger partial charge in [-0.1, -0.05) is 28.1 Å². The molecule has 25 heavy (non-hydrogen) atoms. The van der Waals surface area contributed by atoms with Crippen LogP contribution in [0.25, 0.3) is 0 Å². The first-order valence-corrected chi connectivity index (χ1v) is 7.93. The van der Waals surface area contributed by atoms with Crippen LogP contribution in [-0.2, 0) is 23.8 Å². The zero-order chi connectivity index (χ0) is 18.6. The van der Waals surface area contributed by atoms with E-state index in [1.54, 1.807) is 24.3 Å². The largest absolute Gasteiger partial charge is 0.469 e. The topological polar surface area (TPSA) is 112 Å². The van der Waals surface area contributed by atoms with Gasteiger partial charge in [-0.3, -0.25) is 4.79 Å². The number of nitrogens with two attached hydrogens (primary N) is 1. The Morgan fingerprint density at radius 2 is 1.92 bits per heavy atom. The average Bonchev–Trinajstić information content (AvgIpc) is 2.61. The van der Waals surface area contributed by atoms with Crippen LogP contribution in [0.15, 0.2) is 51.5 Å². The van der Waals surface area contributed by atoms with E-state index in [9.17, 15) is 14.9 Å². The van der Waals surface area contributed by atoms with Crippen LogP contribution in [0.5, 0.6) is 0 Å². The Kier molecular flexibility index (Phi) is 5.83. The first-order valence-electron chi connectivity index (χ1n) is 7.14. The van der Waals surface area contributed by atoms with Crippen LogP contribution in [0.4, 0.5) is 0 Å². The van der Waals surface area contributed by atoms with E-state index in [2.05, 4.69) is 20.7 Å². The van der Waals surface area contributed by atoms with E-state index in [4.69, 9.17) is 15.2 Å². The lowest BCUT2D eigenvalue weighted by atomic mass is 9.82. The molecule has 0 unspecified atom stereocenters. The van der Waals surface area contributed by atoms with Gasteiger partial charge in [0, 0.05) is 4.47 Å². The van der Waals surface area contributed by atoms with Gasteiger partial charge in [-0.2, -0.15) is 5.26 Å². The maximum Gasteiger partial charge on any atom is 0.338 e. The number of carbonyl (C=O) groups is 2. The number of allylic oxidation sites excluding steroid dienone is 1. The van der Waals surface area contributed by atoms with Crippen LogP contribution >= 0.6 is 15.9 Å². The number of hydrogen-bond acceptors (Lipinski definition) is 7. The van der Waals surface area contributed by atoms with E-state index in [-0.39, 0.29) is 29.2 Å². The summed E-state index contributed by atoms with van der Waals surface area (Å²) in [6.07, 6.45) is -0.312. The number of methoxy groups -OCH3 is 2. The molecule has 1 atom stereocenters. The molecule has 2 N–H and O–H groups in total. The van der Waals surface area contributed by atoms with Gasteiger partial charge in [0.2, 0.25) is 5.88 Å². The lowest BCUT2D eigenvalue weighted by Crippen LogP contribution is -2.26. The Bertz CT molecular complexity index is 805. The molecular formula is C17H15BrN2O5. The molecule has 8 heteroatoms. The van der Waals surface area contributed by atoms with Crippen molar-refractivity contribution in [2.24, 2.45) is 5.73 Å². The number of rotatable bonds is 4. The molecule has 0 radical (unpaired) electrons. The van der Waals surface area contributed by atoms with E-state index in [1.165, 1.54) is 14.2 Å². The molecule has 0 spiro atoms. The summed E-state index contributed by atoms with van der Waals surface area (Å²) in [6.45, 7) is 0.